The molecule has 2 aliphatic heterocycles. The first kappa shape index (κ1) is 11.9. The molecule has 1 atom stereocenters. The van der Waals surface area contributed by atoms with Gasteiger partial charge in [0, 0.05) is 12.5 Å². The average Bonchev–Trinajstić information content (AvgIpc) is 2.83. The number of nitriles is 1. The van der Waals surface area contributed by atoms with Crippen molar-refractivity contribution in [3.8, 4) is 6.07 Å². The molecule has 2 fully saturated rings. The molecule has 90 valence electrons. The van der Waals surface area contributed by atoms with Crippen LogP contribution in [0.3, 0.4) is 0 Å². The SMILES string of the molecule is N#CC1CCN(CCCC2CCCO2)CC1. The van der Waals surface area contributed by atoms with E-state index < -0.39 is 0 Å². The van der Waals surface area contributed by atoms with E-state index in [1.807, 2.05) is 0 Å². The highest BCUT2D eigenvalue weighted by Gasteiger charge is 2.19. The standard InChI is InChI=1S/C13H22N2O/c14-11-12-5-8-15(9-6-12)7-1-3-13-4-2-10-16-13/h12-13H,1-10H2. The van der Waals surface area contributed by atoms with Crippen LogP contribution < -0.4 is 0 Å². The highest BCUT2D eigenvalue weighted by Crippen LogP contribution is 2.19. The molecule has 0 aromatic heterocycles. The summed E-state index contributed by atoms with van der Waals surface area (Å²) in [5.41, 5.74) is 0. The summed E-state index contributed by atoms with van der Waals surface area (Å²) in [6, 6.07) is 2.38. The van der Waals surface area contributed by atoms with Crippen LogP contribution in [-0.4, -0.2) is 37.2 Å². The third-order valence-electron chi connectivity index (χ3n) is 3.79. The van der Waals surface area contributed by atoms with Gasteiger partial charge in [0.1, 0.15) is 0 Å². The second-order valence-corrected chi connectivity index (χ2v) is 5.02. The Morgan fingerprint density at radius 1 is 1.25 bits per heavy atom. The summed E-state index contributed by atoms with van der Waals surface area (Å²) >= 11 is 0. The van der Waals surface area contributed by atoms with Gasteiger partial charge in [0.25, 0.3) is 0 Å². The molecule has 0 aromatic rings. The van der Waals surface area contributed by atoms with E-state index in [2.05, 4.69) is 11.0 Å². The second-order valence-electron chi connectivity index (χ2n) is 5.02. The Labute approximate surface area is 98.4 Å². The first-order chi connectivity index (χ1) is 7.88. The Morgan fingerprint density at radius 3 is 2.69 bits per heavy atom. The van der Waals surface area contributed by atoms with Gasteiger partial charge < -0.3 is 9.64 Å². The van der Waals surface area contributed by atoms with Gasteiger partial charge in [0.05, 0.1) is 12.2 Å². The third-order valence-corrected chi connectivity index (χ3v) is 3.79. The molecule has 2 aliphatic rings. The summed E-state index contributed by atoms with van der Waals surface area (Å²) in [5.74, 6) is 0.314. The van der Waals surface area contributed by atoms with Gasteiger partial charge in [-0.05, 0) is 58.2 Å². The van der Waals surface area contributed by atoms with Crippen LogP contribution in [0.25, 0.3) is 0 Å². The lowest BCUT2D eigenvalue weighted by Gasteiger charge is -2.29. The van der Waals surface area contributed by atoms with Gasteiger partial charge in [-0.25, -0.2) is 0 Å². The van der Waals surface area contributed by atoms with E-state index in [-0.39, 0.29) is 0 Å². The Kier molecular flexibility index (Phi) is 4.62. The molecule has 0 radical (unpaired) electrons. The minimum absolute atomic E-state index is 0.314. The number of hydrogen-bond donors (Lipinski definition) is 0. The minimum Gasteiger partial charge on any atom is -0.378 e. The Balaban J connectivity index is 1.55. The molecule has 2 saturated heterocycles. The van der Waals surface area contributed by atoms with Gasteiger partial charge in [0.15, 0.2) is 0 Å². The lowest BCUT2D eigenvalue weighted by Crippen LogP contribution is -2.34. The number of hydrogen-bond acceptors (Lipinski definition) is 3. The maximum atomic E-state index is 8.81. The van der Waals surface area contributed by atoms with E-state index >= 15 is 0 Å². The van der Waals surface area contributed by atoms with Crippen molar-refractivity contribution in [2.24, 2.45) is 5.92 Å². The van der Waals surface area contributed by atoms with Crippen LogP contribution in [-0.2, 0) is 4.74 Å². The summed E-state index contributed by atoms with van der Waals surface area (Å²) in [7, 11) is 0. The average molecular weight is 222 g/mol. The molecule has 0 amide bonds. The van der Waals surface area contributed by atoms with E-state index in [0.29, 0.717) is 12.0 Å². The third kappa shape index (κ3) is 3.47. The van der Waals surface area contributed by atoms with Crippen molar-refractivity contribution in [1.82, 2.24) is 4.90 Å². The summed E-state index contributed by atoms with van der Waals surface area (Å²) in [5, 5.41) is 8.81. The molecule has 0 aromatic carbocycles. The summed E-state index contributed by atoms with van der Waals surface area (Å²) in [4.78, 5) is 2.50. The molecule has 2 heterocycles. The second kappa shape index (κ2) is 6.22. The van der Waals surface area contributed by atoms with Gasteiger partial charge in [-0.3, -0.25) is 0 Å². The maximum absolute atomic E-state index is 8.81. The molecule has 3 heteroatoms. The molecular formula is C13H22N2O. The fraction of sp³-hybridized carbons (Fsp3) is 0.923. The van der Waals surface area contributed by atoms with Crippen LogP contribution in [0.4, 0.5) is 0 Å². The van der Waals surface area contributed by atoms with Crippen molar-refractivity contribution >= 4 is 0 Å². The van der Waals surface area contributed by atoms with Crippen LogP contribution >= 0.6 is 0 Å². The normalized spacial score (nSPS) is 28.1. The highest BCUT2D eigenvalue weighted by molar-refractivity contribution is 4.87. The summed E-state index contributed by atoms with van der Waals surface area (Å²) in [6.07, 6.45) is 7.65. The van der Waals surface area contributed by atoms with Gasteiger partial charge in [0.2, 0.25) is 0 Å². The lowest BCUT2D eigenvalue weighted by molar-refractivity contribution is 0.0968. The van der Waals surface area contributed by atoms with E-state index in [1.54, 1.807) is 0 Å². The zero-order chi connectivity index (χ0) is 11.2. The quantitative estimate of drug-likeness (QED) is 0.731. The molecule has 0 saturated carbocycles. The first-order valence-electron chi connectivity index (χ1n) is 6.62. The van der Waals surface area contributed by atoms with Crippen molar-refractivity contribution in [1.29, 1.82) is 5.26 Å². The minimum atomic E-state index is 0.314. The molecule has 0 spiro atoms. The molecule has 0 aliphatic carbocycles. The predicted octanol–water partition coefficient (Wildman–Crippen LogP) is 2.18. The van der Waals surface area contributed by atoms with Gasteiger partial charge in [-0.2, -0.15) is 5.26 Å². The summed E-state index contributed by atoms with van der Waals surface area (Å²) < 4.78 is 5.62. The lowest BCUT2D eigenvalue weighted by atomic mass is 9.98. The number of piperidine rings is 1. The van der Waals surface area contributed by atoms with Crippen molar-refractivity contribution < 1.29 is 4.74 Å². The van der Waals surface area contributed by atoms with Gasteiger partial charge >= 0.3 is 0 Å². The molecule has 1 unspecified atom stereocenters. The van der Waals surface area contributed by atoms with E-state index in [4.69, 9.17) is 10.00 Å². The largest absolute Gasteiger partial charge is 0.378 e. The first-order valence-corrected chi connectivity index (χ1v) is 6.62. The Hall–Kier alpha value is -0.590. The van der Waals surface area contributed by atoms with Crippen molar-refractivity contribution in [2.75, 3.05) is 26.2 Å². The smallest absolute Gasteiger partial charge is 0.0656 e. The van der Waals surface area contributed by atoms with E-state index in [0.717, 1.165) is 32.5 Å². The monoisotopic (exact) mass is 222 g/mol. The molecule has 3 nitrogen and oxygen atoms in total. The van der Waals surface area contributed by atoms with E-state index in [9.17, 15) is 0 Å². The predicted molar refractivity (Wildman–Crippen MR) is 63.0 cm³/mol. The molecule has 0 N–H and O–H groups in total. The number of rotatable bonds is 4. The van der Waals surface area contributed by atoms with Crippen LogP contribution in [0.15, 0.2) is 0 Å². The van der Waals surface area contributed by atoms with Crippen molar-refractivity contribution in [3.05, 3.63) is 0 Å². The fourth-order valence-corrected chi connectivity index (χ4v) is 2.70. The number of ether oxygens (including phenoxy) is 1. The molecule has 16 heavy (non-hydrogen) atoms. The van der Waals surface area contributed by atoms with Crippen molar-refractivity contribution in [3.63, 3.8) is 0 Å². The van der Waals surface area contributed by atoms with Gasteiger partial charge in [-0.15, -0.1) is 0 Å². The fourth-order valence-electron chi connectivity index (χ4n) is 2.70. The van der Waals surface area contributed by atoms with Crippen LogP contribution in [0, 0.1) is 17.2 Å². The maximum Gasteiger partial charge on any atom is 0.0656 e. The number of nitrogens with zero attached hydrogens (tertiary/aromatic N) is 2. The Bertz CT molecular complexity index is 235. The molecular weight excluding hydrogens is 200 g/mol. The molecule has 0 bridgehead atoms. The summed E-state index contributed by atoms with van der Waals surface area (Å²) in [6.45, 7) is 4.39. The van der Waals surface area contributed by atoms with Gasteiger partial charge in [-0.1, -0.05) is 0 Å². The number of likely N-dealkylation sites (tertiary alicyclic amines) is 1. The van der Waals surface area contributed by atoms with Crippen LogP contribution in [0.2, 0.25) is 0 Å². The topological polar surface area (TPSA) is 36.3 Å². The van der Waals surface area contributed by atoms with Crippen LogP contribution in [0.5, 0.6) is 0 Å². The van der Waals surface area contributed by atoms with Crippen molar-refractivity contribution in [2.45, 2.75) is 44.6 Å². The van der Waals surface area contributed by atoms with Crippen LogP contribution in [0.1, 0.15) is 38.5 Å². The Morgan fingerprint density at radius 2 is 2.06 bits per heavy atom. The highest BCUT2D eigenvalue weighted by atomic mass is 16.5. The zero-order valence-corrected chi connectivity index (χ0v) is 10.0. The van der Waals surface area contributed by atoms with E-state index in [1.165, 1.54) is 32.2 Å². The molecule has 2 rings (SSSR count). The zero-order valence-electron chi connectivity index (χ0n) is 10.0.